The maximum atomic E-state index is 13.4. The normalized spacial score (nSPS) is 20.8. The molecule has 0 aromatic heterocycles. The van der Waals surface area contributed by atoms with Crippen LogP contribution in [0.4, 0.5) is 0 Å². The van der Waals surface area contributed by atoms with E-state index in [1.54, 1.807) is 19.1 Å². The molecular formula is C23H31Cl2N3O5. The maximum Gasteiger partial charge on any atom is 0.308 e. The van der Waals surface area contributed by atoms with Gasteiger partial charge in [0.05, 0.1) is 26.2 Å². The van der Waals surface area contributed by atoms with Crippen molar-refractivity contribution in [2.75, 3.05) is 52.5 Å². The molecule has 0 radical (unpaired) electrons. The molecule has 0 aliphatic carbocycles. The summed E-state index contributed by atoms with van der Waals surface area (Å²) in [6.07, 6.45) is 0.880. The molecular weight excluding hydrogens is 469 g/mol. The van der Waals surface area contributed by atoms with E-state index < -0.39 is 17.5 Å². The number of benzene rings is 1. The van der Waals surface area contributed by atoms with Gasteiger partial charge in [-0.25, -0.2) is 0 Å². The SMILES string of the molecule is CCOC(=O)CC1C(=O)N(C(Cl)Cc2ccc(Cl)cc2)CC(=O)N1CCCN1CCOCC1. The van der Waals surface area contributed by atoms with Gasteiger partial charge in [-0.15, -0.1) is 0 Å². The van der Waals surface area contributed by atoms with Crippen LogP contribution in [0.25, 0.3) is 0 Å². The molecule has 2 atom stereocenters. The minimum Gasteiger partial charge on any atom is -0.466 e. The summed E-state index contributed by atoms with van der Waals surface area (Å²) in [7, 11) is 0. The Kier molecular flexibility index (Phi) is 9.79. The Morgan fingerprint density at radius 3 is 2.55 bits per heavy atom. The van der Waals surface area contributed by atoms with Gasteiger partial charge in [-0.2, -0.15) is 0 Å². The Morgan fingerprint density at radius 1 is 1.18 bits per heavy atom. The number of esters is 1. The van der Waals surface area contributed by atoms with Crippen LogP contribution < -0.4 is 0 Å². The van der Waals surface area contributed by atoms with Crippen LogP contribution in [0, 0.1) is 0 Å². The highest BCUT2D eigenvalue weighted by Crippen LogP contribution is 2.23. The first kappa shape index (κ1) is 25.7. The Morgan fingerprint density at radius 2 is 1.88 bits per heavy atom. The first-order valence-corrected chi connectivity index (χ1v) is 12.1. The van der Waals surface area contributed by atoms with Crippen LogP contribution >= 0.6 is 23.2 Å². The number of ether oxygens (including phenoxy) is 2. The summed E-state index contributed by atoms with van der Waals surface area (Å²) in [6.45, 7) is 6.10. The van der Waals surface area contributed by atoms with Crippen molar-refractivity contribution in [2.24, 2.45) is 0 Å². The lowest BCUT2D eigenvalue weighted by molar-refractivity contribution is -0.161. The highest BCUT2D eigenvalue weighted by molar-refractivity contribution is 6.30. The number of hydrogen-bond acceptors (Lipinski definition) is 6. The van der Waals surface area contributed by atoms with Crippen LogP contribution in [0.15, 0.2) is 24.3 Å². The van der Waals surface area contributed by atoms with E-state index in [-0.39, 0.29) is 31.4 Å². The lowest BCUT2D eigenvalue weighted by Gasteiger charge is -2.42. The van der Waals surface area contributed by atoms with Crippen molar-refractivity contribution in [3.63, 3.8) is 0 Å². The van der Waals surface area contributed by atoms with Crippen LogP contribution in [0.2, 0.25) is 5.02 Å². The van der Waals surface area contributed by atoms with E-state index in [0.29, 0.717) is 37.6 Å². The summed E-state index contributed by atoms with van der Waals surface area (Å²) in [5.41, 5.74) is 0.178. The zero-order valence-corrected chi connectivity index (χ0v) is 20.4. The third-order valence-electron chi connectivity index (χ3n) is 5.87. The number of alkyl halides is 1. The van der Waals surface area contributed by atoms with Crippen molar-refractivity contribution in [1.82, 2.24) is 14.7 Å². The van der Waals surface area contributed by atoms with Gasteiger partial charge in [-0.05, 0) is 31.0 Å². The molecule has 0 N–H and O–H groups in total. The number of hydrogen-bond donors (Lipinski definition) is 0. The minimum absolute atomic E-state index is 0.114. The average Bonchev–Trinajstić information content (AvgIpc) is 2.80. The zero-order chi connectivity index (χ0) is 23.8. The molecule has 2 aliphatic heterocycles. The highest BCUT2D eigenvalue weighted by Gasteiger charge is 2.42. The van der Waals surface area contributed by atoms with Gasteiger partial charge in [0.25, 0.3) is 0 Å². The Labute approximate surface area is 204 Å². The van der Waals surface area contributed by atoms with Crippen LogP contribution in [0.5, 0.6) is 0 Å². The predicted octanol–water partition coefficient (Wildman–Crippen LogP) is 2.16. The summed E-state index contributed by atoms with van der Waals surface area (Å²) in [5.74, 6) is -1.05. The van der Waals surface area contributed by atoms with E-state index in [4.69, 9.17) is 32.7 Å². The number of halogens is 2. The summed E-state index contributed by atoms with van der Waals surface area (Å²) >= 11 is 12.5. The fourth-order valence-corrected chi connectivity index (χ4v) is 4.59. The van der Waals surface area contributed by atoms with Gasteiger partial charge in [-0.1, -0.05) is 35.3 Å². The van der Waals surface area contributed by atoms with Gasteiger partial charge in [0, 0.05) is 37.6 Å². The zero-order valence-electron chi connectivity index (χ0n) is 18.9. The fourth-order valence-electron chi connectivity index (χ4n) is 4.12. The van der Waals surface area contributed by atoms with Crippen molar-refractivity contribution in [2.45, 2.75) is 37.7 Å². The summed E-state index contributed by atoms with van der Waals surface area (Å²) in [6, 6.07) is 6.26. The number of morpholine rings is 1. The first-order valence-electron chi connectivity index (χ1n) is 11.3. The van der Waals surface area contributed by atoms with Crippen molar-refractivity contribution in [3.05, 3.63) is 34.9 Å². The standard InChI is InChI=1S/C23H31Cl2N3O5/c1-2-33-22(30)15-19-23(31)28(20(25)14-17-4-6-18(24)7-5-17)16-21(29)27(19)9-3-8-26-10-12-32-13-11-26/h4-7,19-20H,2-3,8-16H2,1H3. The number of carbonyl (C=O) groups is 3. The van der Waals surface area contributed by atoms with E-state index in [1.807, 2.05) is 12.1 Å². The van der Waals surface area contributed by atoms with Crippen LogP contribution in [-0.4, -0.2) is 96.6 Å². The van der Waals surface area contributed by atoms with Gasteiger partial charge >= 0.3 is 5.97 Å². The largest absolute Gasteiger partial charge is 0.466 e. The smallest absolute Gasteiger partial charge is 0.308 e. The molecule has 0 bridgehead atoms. The van der Waals surface area contributed by atoms with Crippen molar-refractivity contribution >= 4 is 41.0 Å². The van der Waals surface area contributed by atoms with E-state index in [1.165, 1.54) is 9.80 Å². The monoisotopic (exact) mass is 499 g/mol. The molecule has 0 spiro atoms. The molecule has 2 aliphatic rings. The number of nitrogens with zero attached hydrogens (tertiary/aromatic N) is 3. The third-order valence-corrected chi connectivity index (χ3v) is 6.51. The molecule has 33 heavy (non-hydrogen) atoms. The molecule has 2 fully saturated rings. The average molecular weight is 500 g/mol. The molecule has 182 valence electrons. The van der Waals surface area contributed by atoms with Crippen molar-refractivity contribution in [3.8, 4) is 0 Å². The third kappa shape index (κ3) is 7.30. The molecule has 2 heterocycles. The number of carbonyl (C=O) groups excluding carboxylic acids is 3. The van der Waals surface area contributed by atoms with Gasteiger partial charge in [-0.3, -0.25) is 19.3 Å². The number of amides is 2. The Bertz CT molecular complexity index is 817. The Hall–Kier alpha value is -1.87. The maximum absolute atomic E-state index is 13.4. The molecule has 3 rings (SSSR count). The molecule has 2 unspecified atom stereocenters. The number of piperazine rings is 1. The van der Waals surface area contributed by atoms with E-state index >= 15 is 0 Å². The van der Waals surface area contributed by atoms with Gasteiger partial charge in [0.15, 0.2) is 0 Å². The molecule has 8 nitrogen and oxygen atoms in total. The van der Waals surface area contributed by atoms with Crippen molar-refractivity contribution in [1.29, 1.82) is 0 Å². The van der Waals surface area contributed by atoms with Crippen LogP contribution in [-0.2, 0) is 30.3 Å². The van der Waals surface area contributed by atoms with E-state index in [9.17, 15) is 14.4 Å². The van der Waals surface area contributed by atoms with Gasteiger partial charge in [0.2, 0.25) is 11.8 Å². The summed E-state index contributed by atoms with van der Waals surface area (Å²) in [4.78, 5) is 43.8. The second-order valence-electron chi connectivity index (χ2n) is 8.15. The predicted molar refractivity (Wildman–Crippen MR) is 125 cm³/mol. The lowest BCUT2D eigenvalue weighted by atomic mass is 10.0. The van der Waals surface area contributed by atoms with Crippen LogP contribution in [0.1, 0.15) is 25.3 Å². The highest BCUT2D eigenvalue weighted by atomic mass is 35.5. The topological polar surface area (TPSA) is 79.4 Å². The molecule has 1 aromatic carbocycles. The van der Waals surface area contributed by atoms with Crippen molar-refractivity contribution < 1.29 is 23.9 Å². The van der Waals surface area contributed by atoms with E-state index in [2.05, 4.69) is 4.90 Å². The molecule has 2 saturated heterocycles. The summed E-state index contributed by atoms with van der Waals surface area (Å²) < 4.78 is 10.4. The van der Waals surface area contributed by atoms with Crippen LogP contribution in [0.3, 0.4) is 0 Å². The summed E-state index contributed by atoms with van der Waals surface area (Å²) in [5, 5.41) is 0.608. The fraction of sp³-hybridized carbons (Fsp3) is 0.609. The number of rotatable bonds is 10. The molecule has 1 aromatic rings. The minimum atomic E-state index is -0.915. The first-order chi connectivity index (χ1) is 15.9. The second-order valence-corrected chi connectivity index (χ2v) is 9.09. The van der Waals surface area contributed by atoms with Gasteiger partial charge < -0.3 is 19.3 Å². The van der Waals surface area contributed by atoms with Gasteiger partial charge in [0.1, 0.15) is 18.1 Å². The molecule has 10 heteroatoms. The van der Waals surface area contributed by atoms with E-state index in [0.717, 1.165) is 25.2 Å². The Balaban J connectivity index is 1.67. The second kappa shape index (κ2) is 12.6. The lowest BCUT2D eigenvalue weighted by Crippen LogP contribution is -2.62. The quantitative estimate of drug-likeness (QED) is 0.279. The molecule has 0 saturated carbocycles. The molecule has 2 amide bonds.